The van der Waals surface area contributed by atoms with Crippen LogP contribution < -0.4 is 16.2 Å². The molecule has 2 aliphatic carbocycles. The Kier molecular flexibility index (Phi) is 3.74. The number of rotatable bonds is 3. The third-order valence-corrected chi connectivity index (χ3v) is 4.54. The number of hydrazine groups is 1. The summed E-state index contributed by atoms with van der Waals surface area (Å²) in [5.41, 5.74) is 7.83. The summed E-state index contributed by atoms with van der Waals surface area (Å²) in [5.74, 6) is 2.27. The van der Waals surface area contributed by atoms with Crippen molar-refractivity contribution in [3.8, 4) is 0 Å². The van der Waals surface area contributed by atoms with Crippen LogP contribution in [-0.4, -0.2) is 21.1 Å². The van der Waals surface area contributed by atoms with Gasteiger partial charge in [-0.2, -0.15) is 0 Å². The highest BCUT2D eigenvalue weighted by Gasteiger charge is 2.39. The van der Waals surface area contributed by atoms with E-state index in [2.05, 4.69) is 26.1 Å². The highest BCUT2D eigenvalue weighted by Crippen LogP contribution is 2.44. The Balaban J connectivity index is 1.49. The Hall–Kier alpha value is -1.43. The van der Waals surface area contributed by atoms with E-state index in [-0.39, 0.29) is 0 Å². The van der Waals surface area contributed by atoms with Crippen LogP contribution in [-0.2, 0) is 0 Å². The lowest BCUT2D eigenvalue weighted by molar-refractivity contribution is 0.390. The summed E-state index contributed by atoms with van der Waals surface area (Å²) >= 11 is 5.33. The van der Waals surface area contributed by atoms with Crippen LogP contribution in [0.25, 0.3) is 0 Å². The number of aromatic nitrogens is 2. The fourth-order valence-electron chi connectivity index (χ4n) is 3.52. The normalized spacial score (nSPS) is 27.4. The van der Waals surface area contributed by atoms with E-state index >= 15 is 0 Å². The van der Waals surface area contributed by atoms with Gasteiger partial charge in [0, 0.05) is 17.4 Å². The standard InChI is InChI=1S/C14H21N5S/c1-8-5-9(2)16-13(15-8)18-19-14(20)17-12-7-10-3-4-11(12)6-10/h5,10-12H,3-4,6-7H2,1-2H3,(H,15,16,18)(H2,17,19,20)/t10-,11+,12-/m0/s1. The van der Waals surface area contributed by atoms with Crippen molar-refractivity contribution in [3.63, 3.8) is 0 Å². The van der Waals surface area contributed by atoms with E-state index < -0.39 is 0 Å². The Labute approximate surface area is 124 Å². The second-order valence-electron chi connectivity index (χ2n) is 5.98. The van der Waals surface area contributed by atoms with Gasteiger partial charge in [-0.05, 0) is 63.2 Å². The fraction of sp³-hybridized carbons (Fsp3) is 0.643. The van der Waals surface area contributed by atoms with Crippen LogP contribution in [0.3, 0.4) is 0 Å². The van der Waals surface area contributed by atoms with Crippen molar-refractivity contribution < 1.29 is 0 Å². The third kappa shape index (κ3) is 3.00. The highest BCUT2D eigenvalue weighted by molar-refractivity contribution is 7.80. The molecule has 0 unspecified atom stereocenters. The average molecular weight is 291 g/mol. The van der Waals surface area contributed by atoms with Crippen LogP contribution in [0.15, 0.2) is 6.07 Å². The molecule has 1 aromatic rings. The molecule has 2 saturated carbocycles. The Morgan fingerprint density at radius 3 is 2.55 bits per heavy atom. The summed E-state index contributed by atoms with van der Waals surface area (Å²) in [5, 5.41) is 4.04. The Bertz CT molecular complexity index is 498. The van der Waals surface area contributed by atoms with Crippen molar-refractivity contribution >= 4 is 23.3 Å². The summed E-state index contributed by atoms with van der Waals surface area (Å²) in [4.78, 5) is 8.61. The van der Waals surface area contributed by atoms with E-state index in [1.54, 1.807) is 0 Å². The fourth-order valence-corrected chi connectivity index (χ4v) is 3.72. The van der Waals surface area contributed by atoms with E-state index in [1.165, 1.54) is 25.7 Å². The van der Waals surface area contributed by atoms with Crippen molar-refractivity contribution in [2.75, 3.05) is 5.43 Å². The molecule has 1 heterocycles. The second-order valence-corrected chi connectivity index (χ2v) is 6.39. The molecule has 3 rings (SSSR count). The van der Waals surface area contributed by atoms with Gasteiger partial charge in [0.2, 0.25) is 5.95 Å². The number of hydrogen-bond donors (Lipinski definition) is 3. The van der Waals surface area contributed by atoms with Gasteiger partial charge in [0.05, 0.1) is 0 Å². The Morgan fingerprint density at radius 2 is 1.95 bits per heavy atom. The SMILES string of the molecule is Cc1cc(C)nc(NNC(=S)N[C@H]2C[C@H]3CC[C@@H]2C3)n1. The monoisotopic (exact) mass is 291 g/mol. The molecule has 20 heavy (non-hydrogen) atoms. The van der Waals surface area contributed by atoms with Gasteiger partial charge in [-0.15, -0.1) is 0 Å². The van der Waals surface area contributed by atoms with Gasteiger partial charge in [-0.1, -0.05) is 6.42 Å². The van der Waals surface area contributed by atoms with E-state index in [9.17, 15) is 0 Å². The summed E-state index contributed by atoms with van der Waals surface area (Å²) in [6, 6.07) is 2.48. The predicted molar refractivity (Wildman–Crippen MR) is 83.2 cm³/mol. The molecule has 2 bridgehead atoms. The number of anilines is 1. The van der Waals surface area contributed by atoms with E-state index in [0.29, 0.717) is 17.1 Å². The number of nitrogens with zero attached hydrogens (tertiary/aromatic N) is 2. The zero-order chi connectivity index (χ0) is 14.1. The van der Waals surface area contributed by atoms with Crippen LogP contribution in [0.1, 0.15) is 37.1 Å². The molecular formula is C14H21N5S. The lowest BCUT2D eigenvalue weighted by Crippen LogP contribution is -2.46. The summed E-state index contributed by atoms with van der Waals surface area (Å²) in [6.07, 6.45) is 5.37. The number of aryl methyl sites for hydroxylation is 2. The van der Waals surface area contributed by atoms with E-state index in [0.717, 1.165) is 23.2 Å². The first-order chi connectivity index (χ1) is 9.60. The van der Waals surface area contributed by atoms with Gasteiger partial charge in [0.15, 0.2) is 5.11 Å². The molecule has 0 radical (unpaired) electrons. The van der Waals surface area contributed by atoms with Gasteiger partial charge < -0.3 is 5.32 Å². The molecule has 0 aliphatic heterocycles. The third-order valence-electron chi connectivity index (χ3n) is 4.32. The van der Waals surface area contributed by atoms with Gasteiger partial charge >= 0.3 is 0 Å². The van der Waals surface area contributed by atoms with Crippen molar-refractivity contribution in [2.24, 2.45) is 11.8 Å². The van der Waals surface area contributed by atoms with Gasteiger partial charge in [-0.25, -0.2) is 9.97 Å². The van der Waals surface area contributed by atoms with Crippen LogP contribution in [0.4, 0.5) is 5.95 Å². The van der Waals surface area contributed by atoms with E-state index in [1.807, 2.05) is 19.9 Å². The Morgan fingerprint density at radius 1 is 1.20 bits per heavy atom. The molecule has 2 fully saturated rings. The van der Waals surface area contributed by atoms with E-state index in [4.69, 9.17) is 12.2 Å². The van der Waals surface area contributed by atoms with Crippen molar-refractivity contribution in [1.82, 2.24) is 20.7 Å². The smallest absolute Gasteiger partial charge is 0.242 e. The zero-order valence-corrected chi connectivity index (χ0v) is 12.8. The topological polar surface area (TPSA) is 61.9 Å². The quantitative estimate of drug-likeness (QED) is 0.585. The lowest BCUT2D eigenvalue weighted by atomic mass is 9.96. The maximum absolute atomic E-state index is 5.33. The van der Waals surface area contributed by atoms with Crippen LogP contribution >= 0.6 is 12.2 Å². The molecule has 0 aromatic carbocycles. The molecule has 108 valence electrons. The minimum Gasteiger partial charge on any atom is -0.358 e. The predicted octanol–water partition coefficient (Wildman–Crippen LogP) is 2.07. The first-order valence-electron chi connectivity index (χ1n) is 7.25. The van der Waals surface area contributed by atoms with Gasteiger partial charge in [0.25, 0.3) is 0 Å². The number of fused-ring (bicyclic) bond motifs is 2. The molecule has 0 spiro atoms. The van der Waals surface area contributed by atoms with Crippen LogP contribution in [0.5, 0.6) is 0 Å². The summed E-state index contributed by atoms with van der Waals surface area (Å²) in [7, 11) is 0. The maximum atomic E-state index is 5.33. The van der Waals surface area contributed by atoms with Crippen LogP contribution in [0, 0.1) is 25.7 Å². The molecule has 2 aliphatic rings. The molecule has 0 saturated heterocycles. The second kappa shape index (κ2) is 5.52. The van der Waals surface area contributed by atoms with Crippen molar-refractivity contribution in [3.05, 3.63) is 17.5 Å². The van der Waals surface area contributed by atoms with Crippen molar-refractivity contribution in [2.45, 2.75) is 45.6 Å². The number of nitrogens with one attached hydrogen (secondary N) is 3. The average Bonchev–Trinajstić information content (AvgIpc) is 2.97. The summed E-state index contributed by atoms with van der Waals surface area (Å²) < 4.78 is 0. The summed E-state index contributed by atoms with van der Waals surface area (Å²) in [6.45, 7) is 3.90. The maximum Gasteiger partial charge on any atom is 0.242 e. The highest BCUT2D eigenvalue weighted by atomic mass is 32.1. The molecule has 3 atom stereocenters. The largest absolute Gasteiger partial charge is 0.358 e. The number of thiocarbonyl (C=S) groups is 1. The minimum atomic E-state index is 0.538. The zero-order valence-electron chi connectivity index (χ0n) is 11.9. The van der Waals surface area contributed by atoms with Crippen LogP contribution in [0.2, 0.25) is 0 Å². The minimum absolute atomic E-state index is 0.538. The lowest BCUT2D eigenvalue weighted by Gasteiger charge is -2.24. The molecular weight excluding hydrogens is 270 g/mol. The number of hydrogen-bond acceptors (Lipinski definition) is 4. The van der Waals surface area contributed by atoms with Crippen molar-refractivity contribution in [1.29, 1.82) is 0 Å². The first-order valence-corrected chi connectivity index (χ1v) is 7.66. The first kappa shape index (κ1) is 13.5. The molecule has 0 amide bonds. The molecule has 1 aromatic heterocycles. The van der Waals surface area contributed by atoms with Gasteiger partial charge in [-0.3, -0.25) is 10.9 Å². The molecule has 6 heteroatoms. The van der Waals surface area contributed by atoms with Gasteiger partial charge in [0.1, 0.15) is 0 Å². The molecule has 3 N–H and O–H groups in total. The molecule has 5 nitrogen and oxygen atoms in total.